The number of fused-ring (bicyclic) bond motifs is 1. The van der Waals surface area contributed by atoms with Crippen LogP contribution >= 0.6 is 0 Å². The molecule has 1 aromatic heterocycles. The first-order valence-corrected chi connectivity index (χ1v) is 8.33. The summed E-state index contributed by atoms with van der Waals surface area (Å²) in [6.07, 6.45) is 2.50. The van der Waals surface area contributed by atoms with Gasteiger partial charge in [0.1, 0.15) is 17.4 Å². The second-order valence-electron chi connectivity index (χ2n) is 6.51. The Morgan fingerprint density at radius 1 is 1.29 bits per heavy atom. The highest BCUT2D eigenvalue weighted by Gasteiger charge is 2.31. The Kier molecular flexibility index (Phi) is 3.93. The van der Waals surface area contributed by atoms with Crippen LogP contribution in [0.15, 0.2) is 24.3 Å². The van der Waals surface area contributed by atoms with E-state index in [1.54, 1.807) is 0 Å². The lowest BCUT2D eigenvalue weighted by Crippen LogP contribution is -2.33. The van der Waals surface area contributed by atoms with E-state index in [-0.39, 0.29) is 6.61 Å². The molecule has 0 unspecified atom stereocenters. The molecule has 2 N–H and O–H groups in total. The lowest BCUT2D eigenvalue weighted by atomic mass is 10.2. The molecular weight excluding hydrogens is 306 g/mol. The third-order valence-corrected chi connectivity index (χ3v) is 4.49. The van der Waals surface area contributed by atoms with Crippen molar-refractivity contribution in [1.29, 1.82) is 0 Å². The Bertz CT molecular complexity index is 753. The summed E-state index contributed by atoms with van der Waals surface area (Å²) < 4.78 is 7.66. The minimum atomic E-state index is -0.470. The van der Waals surface area contributed by atoms with Crippen molar-refractivity contribution in [2.24, 2.45) is 5.73 Å². The fourth-order valence-electron chi connectivity index (χ4n) is 3.16. The number of aromatic nitrogens is 3. The maximum absolute atomic E-state index is 10.8. The molecule has 7 nitrogen and oxygen atoms in total. The van der Waals surface area contributed by atoms with Crippen LogP contribution in [-0.4, -0.2) is 38.7 Å². The summed E-state index contributed by atoms with van der Waals surface area (Å²) in [6.45, 7) is 3.47. The van der Waals surface area contributed by atoms with Crippen molar-refractivity contribution < 1.29 is 9.53 Å². The molecule has 126 valence electrons. The molecule has 0 bridgehead atoms. The van der Waals surface area contributed by atoms with Crippen LogP contribution < -0.4 is 10.5 Å². The van der Waals surface area contributed by atoms with Crippen LogP contribution in [0.1, 0.15) is 36.0 Å². The number of hydrogen-bond donors (Lipinski definition) is 1. The first-order chi connectivity index (χ1) is 11.7. The second kappa shape index (κ2) is 6.24. The summed E-state index contributed by atoms with van der Waals surface area (Å²) in [5.74, 6) is 3.07. The average Bonchev–Trinajstić information content (AvgIpc) is 3.33. The average molecular weight is 327 g/mol. The van der Waals surface area contributed by atoms with Crippen molar-refractivity contribution in [2.45, 2.75) is 38.4 Å². The van der Waals surface area contributed by atoms with E-state index in [1.165, 1.54) is 18.7 Å². The molecule has 1 aliphatic carbocycles. The monoisotopic (exact) mass is 327 g/mol. The van der Waals surface area contributed by atoms with Gasteiger partial charge in [0.05, 0.1) is 6.54 Å². The summed E-state index contributed by atoms with van der Waals surface area (Å²) in [5, 5.41) is 8.75. The molecule has 4 rings (SSSR count). The molecule has 2 heterocycles. The van der Waals surface area contributed by atoms with Gasteiger partial charge in [-0.2, -0.15) is 0 Å². The van der Waals surface area contributed by atoms with Crippen LogP contribution in [0.3, 0.4) is 0 Å². The molecule has 1 saturated carbocycles. The van der Waals surface area contributed by atoms with Gasteiger partial charge in [-0.1, -0.05) is 12.1 Å². The van der Waals surface area contributed by atoms with E-state index >= 15 is 0 Å². The fraction of sp³-hybridized carbons (Fsp3) is 0.471. The number of hydrogen-bond acceptors (Lipinski definition) is 5. The van der Waals surface area contributed by atoms with E-state index in [9.17, 15) is 4.79 Å². The van der Waals surface area contributed by atoms with Crippen LogP contribution in [0.5, 0.6) is 5.75 Å². The summed E-state index contributed by atoms with van der Waals surface area (Å²) in [7, 11) is 0. The summed E-state index contributed by atoms with van der Waals surface area (Å²) in [4.78, 5) is 13.2. The maximum atomic E-state index is 10.8. The van der Waals surface area contributed by atoms with E-state index < -0.39 is 5.91 Å². The molecule has 0 atom stereocenters. The second-order valence-corrected chi connectivity index (χ2v) is 6.51. The molecule has 1 aromatic carbocycles. The van der Waals surface area contributed by atoms with E-state index in [1.807, 2.05) is 18.2 Å². The lowest BCUT2D eigenvalue weighted by Gasteiger charge is -2.27. The van der Waals surface area contributed by atoms with E-state index in [0.717, 1.165) is 37.6 Å². The zero-order chi connectivity index (χ0) is 16.5. The van der Waals surface area contributed by atoms with Crippen LogP contribution in [0, 0.1) is 0 Å². The molecule has 2 aliphatic rings. The first kappa shape index (κ1) is 15.1. The highest BCUT2D eigenvalue weighted by Crippen LogP contribution is 2.39. The van der Waals surface area contributed by atoms with Crippen LogP contribution in [-0.2, 0) is 24.4 Å². The highest BCUT2D eigenvalue weighted by atomic mass is 16.5. The summed E-state index contributed by atoms with van der Waals surface area (Å²) in [5.41, 5.74) is 6.26. The van der Waals surface area contributed by atoms with Crippen molar-refractivity contribution in [3.63, 3.8) is 0 Å². The Hall–Kier alpha value is -2.41. The number of carbonyl (C=O) groups is 1. The van der Waals surface area contributed by atoms with Gasteiger partial charge in [0.2, 0.25) is 0 Å². The van der Waals surface area contributed by atoms with Crippen molar-refractivity contribution in [1.82, 2.24) is 19.7 Å². The van der Waals surface area contributed by atoms with Crippen LogP contribution in [0.4, 0.5) is 0 Å². The number of primary amides is 1. The van der Waals surface area contributed by atoms with Crippen molar-refractivity contribution in [3.05, 3.63) is 41.5 Å². The van der Waals surface area contributed by atoms with Gasteiger partial charge in [0, 0.05) is 25.6 Å². The largest absolute Gasteiger partial charge is 0.484 e. The van der Waals surface area contributed by atoms with E-state index in [4.69, 9.17) is 10.5 Å². The third kappa shape index (κ3) is 3.26. The van der Waals surface area contributed by atoms with Crippen molar-refractivity contribution >= 4 is 5.91 Å². The Balaban J connectivity index is 1.40. The number of nitrogens with zero attached hydrogens (tertiary/aromatic N) is 4. The fourth-order valence-corrected chi connectivity index (χ4v) is 3.16. The van der Waals surface area contributed by atoms with Crippen LogP contribution in [0.25, 0.3) is 0 Å². The SMILES string of the molecule is NC(=O)COc1cccc(CN2CCn3c(nnc3C3CC3)C2)c1. The lowest BCUT2D eigenvalue weighted by molar-refractivity contribution is -0.119. The van der Waals surface area contributed by atoms with Gasteiger partial charge < -0.3 is 15.0 Å². The predicted octanol–water partition coefficient (Wildman–Crippen LogP) is 1.04. The summed E-state index contributed by atoms with van der Waals surface area (Å²) >= 11 is 0. The van der Waals surface area contributed by atoms with Gasteiger partial charge in [0.25, 0.3) is 5.91 Å². The molecule has 24 heavy (non-hydrogen) atoms. The normalized spacial score (nSPS) is 17.5. The van der Waals surface area contributed by atoms with E-state index in [0.29, 0.717) is 11.7 Å². The van der Waals surface area contributed by atoms with E-state index in [2.05, 4.69) is 25.7 Å². The highest BCUT2D eigenvalue weighted by molar-refractivity contribution is 5.75. The minimum absolute atomic E-state index is 0.0970. The molecule has 0 radical (unpaired) electrons. The molecule has 1 aliphatic heterocycles. The molecular formula is C17H21N5O2. The number of nitrogens with two attached hydrogens (primary N) is 1. The van der Waals surface area contributed by atoms with Gasteiger partial charge in [0.15, 0.2) is 6.61 Å². The molecule has 2 aromatic rings. The molecule has 1 fully saturated rings. The Labute approximate surface area is 140 Å². The Morgan fingerprint density at radius 2 is 2.17 bits per heavy atom. The van der Waals surface area contributed by atoms with Gasteiger partial charge in [-0.3, -0.25) is 9.69 Å². The van der Waals surface area contributed by atoms with Crippen molar-refractivity contribution in [3.8, 4) is 5.75 Å². The van der Waals surface area contributed by atoms with Gasteiger partial charge in [-0.15, -0.1) is 10.2 Å². The zero-order valence-corrected chi connectivity index (χ0v) is 13.5. The smallest absolute Gasteiger partial charge is 0.255 e. The molecule has 7 heteroatoms. The molecule has 0 spiro atoms. The topological polar surface area (TPSA) is 86.3 Å². The third-order valence-electron chi connectivity index (χ3n) is 4.49. The number of ether oxygens (including phenoxy) is 1. The van der Waals surface area contributed by atoms with Gasteiger partial charge in [-0.25, -0.2) is 0 Å². The Morgan fingerprint density at radius 3 is 2.96 bits per heavy atom. The zero-order valence-electron chi connectivity index (χ0n) is 13.5. The molecule has 0 saturated heterocycles. The molecule has 1 amide bonds. The minimum Gasteiger partial charge on any atom is -0.484 e. The standard InChI is InChI=1S/C17H21N5O2/c18-15(23)11-24-14-3-1-2-12(8-14)9-21-6-7-22-16(10-21)19-20-17(22)13-4-5-13/h1-3,8,13H,4-7,9-11H2,(H2,18,23). The number of benzene rings is 1. The maximum Gasteiger partial charge on any atom is 0.255 e. The number of rotatable bonds is 6. The summed E-state index contributed by atoms with van der Waals surface area (Å²) in [6, 6.07) is 7.79. The van der Waals surface area contributed by atoms with Gasteiger partial charge in [-0.05, 0) is 30.5 Å². The quantitative estimate of drug-likeness (QED) is 0.856. The first-order valence-electron chi connectivity index (χ1n) is 8.33. The van der Waals surface area contributed by atoms with Crippen LogP contribution in [0.2, 0.25) is 0 Å². The predicted molar refractivity (Wildman–Crippen MR) is 87.2 cm³/mol. The van der Waals surface area contributed by atoms with Gasteiger partial charge >= 0.3 is 0 Å². The number of amides is 1. The van der Waals surface area contributed by atoms with Crippen molar-refractivity contribution in [2.75, 3.05) is 13.2 Å². The number of carbonyl (C=O) groups excluding carboxylic acids is 1.